The topological polar surface area (TPSA) is 56.7 Å². The van der Waals surface area contributed by atoms with Crippen molar-refractivity contribution in [1.82, 2.24) is 15.5 Å². The van der Waals surface area contributed by atoms with E-state index in [4.69, 9.17) is 0 Å². The Morgan fingerprint density at radius 1 is 1.03 bits per heavy atom. The Morgan fingerprint density at radius 3 is 2.36 bits per heavy atom. The summed E-state index contributed by atoms with van der Waals surface area (Å²) in [6.07, 6.45) is -1.68. The molecule has 0 aromatic heterocycles. The zero-order chi connectivity index (χ0) is 23.0. The molecule has 9 heteroatoms. The van der Waals surface area contributed by atoms with Crippen LogP contribution in [-0.4, -0.2) is 43.4 Å². The van der Waals surface area contributed by atoms with Gasteiger partial charge in [0, 0.05) is 39.6 Å². The average Bonchev–Trinajstić information content (AvgIpc) is 2.79. The number of benzene rings is 2. The van der Waals surface area contributed by atoms with Crippen LogP contribution in [0.25, 0.3) is 0 Å². The summed E-state index contributed by atoms with van der Waals surface area (Å²) in [5, 5.41) is 6.32. The summed E-state index contributed by atoms with van der Waals surface area (Å²) in [5.74, 6) is 0.766. The number of carbonyl (C=O) groups is 1. The summed E-state index contributed by atoms with van der Waals surface area (Å²) >= 11 is 0. The number of carbonyl (C=O) groups excluding carboxylic acids is 1. The Hall–Kier alpha value is -2.30. The number of alkyl halides is 3. The van der Waals surface area contributed by atoms with E-state index >= 15 is 0 Å². The zero-order valence-corrected chi connectivity index (χ0v) is 21.0. The minimum Gasteiger partial charge on any atom is -0.356 e. The van der Waals surface area contributed by atoms with Crippen molar-refractivity contribution in [3.8, 4) is 0 Å². The Morgan fingerprint density at radius 2 is 1.70 bits per heavy atom. The molecule has 33 heavy (non-hydrogen) atoms. The summed E-state index contributed by atoms with van der Waals surface area (Å²) in [6, 6.07) is 13.4. The lowest BCUT2D eigenvalue weighted by Crippen LogP contribution is -2.39. The minimum absolute atomic E-state index is 0. The normalized spacial score (nSPS) is 13.7. The zero-order valence-electron chi connectivity index (χ0n) is 18.6. The maximum Gasteiger partial charge on any atom is 0.416 e. The molecule has 0 spiro atoms. The van der Waals surface area contributed by atoms with Gasteiger partial charge in [-0.2, -0.15) is 13.2 Å². The molecule has 0 radical (unpaired) electrons. The highest BCUT2D eigenvalue weighted by molar-refractivity contribution is 14.0. The third-order valence-electron chi connectivity index (χ3n) is 5.55. The molecule has 1 aliphatic heterocycles. The van der Waals surface area contributed by atoms with E-state index in [1.807, 2.05) is 17.0 Å². The van der Waals surface area contributed by atoms with Crippen molar-refractivity contribution in [2.75, 3.05) is 26.7 Å². The average molecular weight is 574 g/mol. The molecule has 2 aromatic carbocycles. The number of aliphatic imine (C=N–C) groups is 1. The number of halogens is 4. The summed E-state index contributed by atoms with van der Waals surface area (Å²) in [7, 11) is 1.66. The van der Waals surface area contributed by atoms with Gasteiger partial charge in [-0.25, -0.2) is 0 Å². The van der Waals surface area contributed by atoms with E-state index in [2.05, 4.69) is 27.8 Å². The van der Waals surface area contributed by atoms with Crippen LogP contribution in [0, 0.1) is 0 Å². The monoisotopic (exact) mass is 574 g/mol. The first-order valence-corrected chi connectivity index (χ1v) is 10.8. The van der Waals surface area contributed by atoms with Crippen molar-refractivity contribution in [2.24, 2.45) is 4.99 Å². The minimum atomic E-state index is -4.32. The first kappa shape index (κ1) is 26.9. The summed E-state index contributed by atoms with van der Waals surface area (Å²) in [5.41, 5.74) is 2.72. The van der Waals surface area contributed by atoms with Gasteiger partial charge in [0.05, 0.1) is 5.56 Å². The number of fused-ring (bicyclic) bond motifs is 1. The van der Waals surface area contributed by atoms with E-state index in [1.165, 1.54) is 23.3 Å². The fourth-order valence-electron chi connectivity index (χ4n) is 3.72. The summed E-state index contributed by atoms with van der Waals surface area (Å²) in [4.78, 5) is 18.6. The Balaban J connectivity index is 0.00000385. The second-order valence-electron chi connectivity index (χ2n) is 7.81. The van der Waals surface area contributed by atoms with Gasteiger partial charge in [0.2, 0.25) is 5.91 Å². The van der Waals surface area contributed by atoms with Gasteiger partial charge in [-0.1, -0.05) is 36.4 Å². The first-order chi connectivity index (χ1) is 15.4. The van der Waals surface area contributed by atoms with Crippen LogP contribution in [-0.2, 0) is 30.4 Å². The predicted octanol–water partition coefficient (Wildman–Crippen LogP) is 4.40. The number of nitrogens with one attached hydrogen (secondary N) is 2. The lowest BCUT2D eigenvalue weighted by molar-refractivity contribution is -0.137. The molecular formula is C24H30F3IN4O. The summed E-state index contributed by atoms with van der Waals surface area (Å²) in [6.45, 7) is 2.58. The quantitative estimate of drug-likeness (QED) is 0.223. The van der Waals surface area contributed by atoms with Crippen molar-refractivity contribution in [2.45, 2.75) is 38.4 Å². The van der Waals surface area contributed by atoms with Gasteiger partial charge in [0.15, 0.2) is 5.96 Å². The lowest BCUT2D eigenvalue weighted by atomic mass is 9.99. The maximum atomic E-state index is 12.6. The molecule has 0 bridgehead atoms. The molecule has 0 atom stereocenters. The van der Waals surface area contributed by atoms with Crippen molar-refractivity contribution >= 4 is 35.8 Å². The Labute approximate surface area is 209 Å². The van der Waals surface area contributed by atoms with Gasteiger partial charge < -0.3 is 15.5 Å². The molecule has 0 fully saturated rings. The third kappa shape index (κ3) is 8.21. The van der Waals surface area contributed by atoms with Crippen LogP contribution in [0.3, 0.4) is 0 Å². The fraction of sp³-hybridized carbons (Fsp3) is 0.417. The van der Waals surface area contributed by atoms with Gasteiger partial charge in [-0.05, 0) is 48.1 Å². The van der Waals surface area contributed by atoms with Crippen molar-refractivity contribution in [3.05, 3.63) is 70.8 Å². The molecule has 0 unspecified atom stereocenters. The van der Waals surface area contributed by atoms with E-state index in [-0.39, 0.29) is 29.9 Å². The third-order valence-corrected chi connectivity index (χ3v) is 5.55. The molecule has 0 saturated heterocycles. The van der Waals surface area contributed by atoms with Crippen LogP contribution >= 0.6 is 24.0 Å². The van der Waals surface area contributed by atoms with Crippen LogP contribution in [0.1, 0.15) is 35.1 Å². The Kier molecular flexibility index (Phi) is 10.5. The molecule has 0 saturated carbocycles. The second kappa shape index (κ2) is 12.8. The van der Waals surface area contributed by atoms with E-state index in [1.54, 1.807) is 7.05 Å². The van der Waals surface area contributed by atoms with Crippen molar-refractivity contribution < 1.29 is 18.0 Å². The van der Waals surface area contributed by atoms with E-state index in [0.717, 1.165) is 30.7 Å². The highest BCUT2D eigenvalue weighted by atomic mass is 127. The van der Waals surface area contributed by atoms with Crippen molar-refractivity contribution in [3.63, 3.8) is 0 Å². The lowest BCUT2D eigenvalue weighted by Gasteiger charge is -2.29. The fourth-order valence-corrected chi connectivity index (χ4v) is 3.72. The number of nitrogens with zero attached hydrogens (tertiary/aromatic N) is 2. The van der Waals surface area contributed by atoms with E-state index in [9.17, 15) is 18.0 Å². The molecule has 1 heterocycles. The molecule has 2 N–H and O–H groups in total. The van der Waals surface area contributed by atoms with Crippen LogP contribution in [0.2, 0.25) is 0 Å². The van der Waals surface area contributed by atoms with E-state index < -0.39 is 11.7 Å². The number of rotatable bonds is 7. The van der Waals surface area contributed by atoms with Gasteiger partial charge >= 0.3 is 6.18 Å². The highest BCUT2D eigenvalue weighted by Crippen LogP contribution is 2.29. The largest absolute Gasteiger partial charge is 0.416 e. The summed E-state index contributed by atoms with van der Waals surface area (Å²) < 4.78 is 37.9. The van der Waals surface area contributed by atoms with Crippen molar-refractivity contribution in [1.29, 1.82) is 0 Å². The van der Waals surface area contributed by atoms with Gasteiger partial charge in [-0.15, -0.1) is 24.0 Å². The highest BCUT2D eigenvalue weighted by Gasteiger charge is 2.29. The number of hydrogen-bond donors (Lipinski definition) is 2. The van der Waals surface area contributed by atoms with Gasteiger partial charge in [0.25, 0.3) is 0 Å². The van der Waals surface area contributed by atoms with Crippen LogP contribution < -0.4 is 10.6 Å². The van der Waals surface area contributed by atoms with Gasteiger partial charge in [0.1, 0.15) is 0 Å². The smallest absolute Gasteiger partial charge is 0.356 e. The maximum absolute atomic E-state index is 12.6. The first-order valence-electron chi connectivity index (χ1n) is 10.8. The van der Waals surface area contributed by atoms with Crippen LogP contribution in [0.15, 0.2) is 53.5 Å². The number of guanidine groups is 1. The SMILES string of the molecule is CN=C(NCCCC(=O)N1CCc2ccccc2C1)NCCc1ccc(C(F)(F)F)cc1.I. The molecule has 1 aliphatic rings. The molecule has 0 aliphatic carbocycles. The molecular weight excluding hydrogens is 544 g/mol. The Bertz CT molecular complexity index is 932. The number of hydrogen-bond acceptors (Lipinski definition) is 2. The van der Waals surface area contributed by atoms with Crippen LogP contribution in [0.4, 0.5) is 13.2 Å². The van der Waals surface area contributed by atoms with E-state index in [0.29, 0.717) is 44.9 Å². The predicted molar refractivity (Wildman–Crippen MR) is 135 cm³/mol. The molecule has 2 aromatic rings. The number of amides is 1. The molecule has 180 valence electrons. The van der Waals surface area contributed by atoms with Gasteiger partial charge in [-0.3, -0.25) is 9.79 Å². The molecule has 3 rings (SSSR count). The van der Waals surface area contributed by atoms with Crippen LogP contribution in [0.5, 0.6) is 0 Å². The standard InChI is InChI=1S/C24H29F3N4O.HI/c1-28-23(30-15-12-18-8-10-21(11-9-18)24(25,26)27)29-14-4-7-22(32)31-16-13-19-5-2-3-6-20(19)17-31;/h2-3,5-6,8-11H,4,7,12-17H2,1H3,(H2,28,29,30);1H. The molecule has 1 amide bonds. The molecule has 5 nitrogen and oxygen atoms in total. The second-order valence-corrected chi connectivity index (χ2v) is 7.81.